The van der Waals surface area contributed by atoms with E-state index >= 15 is 0 Å². The van der Waals surface area contributed by atoms with Gasteiger partial charge < -0.3 is 0 Å². The molecule has 0 aliphatic carbocycles. The first-order valence-electron chi connectivity index (χ1n) is 16.8. The predicted octanol–water partition coefficient (Wildman–Crippen LogP) is 10.6. The summed E-state index contributed by atoms with van der Waals surface area (Å²) in [7, 11) is 0. The molecule has 6 nitrogen and oxygen atoms in total. The SMILES string of the molecule is c1ccc(-c2nc(-c3ccccc3)nc(-c3cc(-c4ccc(-c5nc6ccccn6c5-c5ccccc5)cc4)cc(-c4cccnc4)c3)n2)cc1. The summed E-state index contributed by atoms with van der Waals surface area (Å²) in [5, 5.41) is 0. The van der Waals surface area contributed by atoms with Crippen molar-refractivity contribution in [2.45, 2.75) is 0 Å². The minimum atomic E-state index is 0.600. The quantitative estimate of drug-likeness (QED) is 0.171. The van der Waals surface area contributed by atoms with Gasteiger partial charge in [-0.25, -0.2) is 19.9 Å². The molecule has 9 rings (SSSR count). The Labute approximate surface area is 295 Å². The zero-order valence-electron chi connectivity index (χ0n) is 27.5. The van der Waals surface area contributed by atoms with Crippen LogP contribution < -0.4 is 0 Å². The first kappa shape index (κ1) is 30.0. The molecule has 0 fully saturated rings. The van der Waals surface area contributed by atoms with Crippen LogP contribution in [-0.2, 0) is 0 Å². The Morgan fingerprint density at radius 2 is 0.863 bits per heavy atom. The van der Waals surface area contributed by atoms with Gasteiger partial charge in [-0.1, -0.05) is 127 Å². The molecule has 0 atom stereocenters. The fraction of sp³-hybridized carbons (Fsp3) is 0. The lowest BCUT2D eigenvalue weighted by Crippen LogP contribution is -2.00. The monoisotopic (exact) mass is 654 g/mol. The van der Waals surface area contributed by atoms with Crippen molar-refractivity contribution in [1.29, 1.82) is 0 Å². The number of rotatable bonds is 7. The molecule has 4 aromatic heterocycles. The van der Waals surface area contributed by atoms with E-state index in [1.54, 1.807) is 6.20 Å². The molecule has 51 heavy (non-hydrogen) atoms. The number of hydrogen-bond donors (Lipinski definition) is 0. The summed E-state index contributed by atoms with van der Waals surface area (Å²) in [4.78, 5) is 24.5. The fourth-order valence-corrected chi connectivity index (χ4v) is 6.45. The molecular formula is C45H30N6. The van der Waals surface area contributed by atoms with Crippen molar-refractivity contribution < 1.29 is 0 Å². The molecule has 0 saturated carbocycles. The van der Waals surface area contributed by atoms with Crippen molar-refractivity contribution in [2.75, 3.05) is 0 Å². The second-order valence-electron chi connectivity index (χ2n) is 12.3. The Balaban J connectivity index is 1.18. The maximum Gasteiger partial charge on any atom is 0.164 e. The van der Waals surface area contributed by atoms with Gasteiger partial charge >= 0.3 is 0 Å². The minimum Gasteiger partial charge on any atom is -0.299 e. The van der Waals surface area contributed by atoms with Gasteiger partial charge in [-0.05, 0) is 53.1 Å². The molecule has 0 bridgehead atoms. The summed E-state index contributed by atoms with van der Waals surface area (Å²) in [6.45, 7) is 0. The topological polar surface area (TPSA) is 68.9 Å². The normalized spacial score (nSPS) is 11.1. The molecule has 5 aromatic carbocycles. The van der Waals surface area contributed by atoms with Crippen LogP contribution in [0.3, 0.4) is 0 Å². The predicted molar refractivity (Wildman–Crippen MR) is 204 cm³/mol. The average Bonchev–Trinajstić information content (AvgIpc) is 3.62. The maximum absolute atomic E-state index is 5.07. The molecule has 9 aromatic rings. The number of nitrogens with zero attached hydrogens (tertiary/aromatic N) is 6. The van der Waals surface area contributed by atoms with E-state index in [9.17, 15) is 0 Å². The Morgan fingerprint density at radius 1 is 0.353 bits per heavy atom. The largest absolute Gasteiger partial charge is 0.299 e. The number of pyridine rings is 2. The Hall–Kier alpha value is -7.05. The van der Waals surface area contributed by atoms with Crippen LogP contribution in [-0.4, -0.2) is 29.3 Å². The molecule has 0 N–H and O–H groups in total. The van der Waals surface area contributed by atoms with E-state index in [0.29, 0.717) is 17.5 Å². The van der Waals surface area contributed by atoms with Crippen molar-refractivity contribution >= 4 is 5.65 Å². The van der Waals surface area contributed by atoms with Gasteiger partial charge in [0, 0.05) is 52.0 Å². The van der Waals surface area contributed by atoms with Gasteiger partial charge in [0.2, 0.25) is 0 Å². The molecule has 4 heterocycles. The van der Waals surface area contributed by atoms with Crippen LogP contribution in [0.5, 0.6) is 0 Å². The highest BCUT2D eigenvalue weighted by Crippen LogP contribution is 2.36. The lowest BCUT2D eigenvalue weighted by Gasteiger charge is -2.13. The van der Waals surface area contributed by atoms with Gasteiger partial charge in [0.25, 0.3) is 0 Å². The van der Waals surface area contributed by atoms with Crippen LogP contribution in [0.2, 0.25) is 0 Å². The van der Waals surface area contributed by atoms with Crippen molar-refractivity contribution in [3.63, 3.8) is 0 Å². The third kappa shape index (κ3) is 5.96. The van der Waals surface area contributed by atoms with Crippen LogP contribution in [0.4, 0.5) is 0 Å². The lowest BCUT2D eigenvalue weighted by molar-refractivity contribution is 1.07. The summed E-state index contributed by atoms with van der Waals surface area (Å²) in [6.07, 6.45) is 5.75. The smallest absolute Gasteiger partial charge is 0.164 e. The third-order valence-electron chi connectivity index (χ3n) is 8.95. The van der Waals surface area contributed by atoms with E-state index < -0.39 is 0 Å². The van der Waals surface area contributed by atoms with Crippen molar-refractivity contribution in [1.82, 2.24) is 29.3 Å². The molecule has 0 unspecified atom stereocenters. The summed E-state index contributed by atoms with van der Waals surface area (Å²) in [6, 6.07) is 55.8. The van der Waals surface area contributed by atoms with E-state index in [1.165, 1.54) is 0 Å². The molecule has 0 aliphatic heterocycles. The molecule has 0 spiro atoms. The van der Waals surface area contributed by atoms with Gasteiger partial charge in [0.15, 0.2) is 17.5 Å². The molecule has 0 saturated heterocycles. The van der Waals surface area contributed by atoms with Crippen LogP contribution in [0, 0.1) is 0 Å². The number of fused-ring (bicyclic) bond motifs is 1. The molecular weight excluding hydrogens is 625 g/mol. The molecule has 0 aliphatic rings. The first-order chi connectivity index (χ1) is 25.3. The van der Waals surface area contributed by atoms with Crippen LogP contribution in [0.1, 0.15) is 0 Å². The first-order valence-corrected chi connectivity index (χ1v) is 16.8. The van der Waals surface area contributed by atoms with Crippen LogP contribution in [0.25, 0.3) is 84.6 Å². The van der Waals surface area contributed by atoms with Crippen molar-refractivity contribution in [3.05, 3.63) is 182 Å². The van der Waals surface area contributed by atoms with Gasteiger partial charge in [-0.15, -0.1) is 0 Å². The summed E-state index contributed by atoms with van der Waals surface area (Å²) in [5.41, 5.74) is 12.0. The Bertz CT molecular complexity index is 2540. The number of hydrogen-bond acceptors (Lipinski definition) is 5. The van der Waals surface area contributed by atoms with Gasteiger partial charge in [-0.2, -0.15) is 0 Å². The molecule has 0 radical (unpaired) electrons. The number of benzene rings is 5. The van der Waals surface area contributed by atoms with Crippen LogP contribution >= 0.6 is 0 Å². The molecule has 0 amide bonds. The molecule has 6 heteroatoms. The van der Waals surface area contributed by atoms with E-state index in [0.717, 1.165) is 67.1 Å². The Morgan fingerprint density at radius 3 is 1.47 bits per heavy atom. The average molecular weight is 655 g/mol. The van der Waals surface area contributed by atoms with Crippen LogP contribution in [0.15, 0.2) is 182 Å². The Kier molecular flexibility index (Phi) is 7.72. The summed E-state index contributed by atoms with van der Waals surface area (Å²) in [5.74, 6) is 1.85. The fourth-order valence-electron chi connectivity index (χ4n) is 6.45. The van der Waals surface area contributed by atoms with E-state index in [-0.39, 0.29) is 0 Å². The second kappa shape index (κ2) is 13.1. The highest BCUT2D eigenvalue weighted by Gasteiger charge is 2.17. The van der Waals surface area contributed by atoms with Gasteiger partial charge in [0.1, 0.15) is 5.65 Å². The standard InChI is InChI=1S/C45H30N6/c1-4-13-33(14-5-1)42-41(47-40-20-10-11-26-51(40)42)32-23-21-31(22-24-32)37-27-38(36-19-12-25-46-30-36)29-39(28-37)45-49-43(34-15-6-2-7-16-34)48-44(50-45)35-17-8-3-9-18-35/h1-30H. The zero-order valence-corrected chi connectivity index (χ0v) is 27.5. The van der Waals surface area contributed by atoms with Gasteiger partial charge in [0.05, 0.1) is 11.4 Å². The maximum atomic E-state index is 5.07. The highest BCUT2D eigenvalue weighted by atomic mass is 15.0. The molecule has 240 valence electrons. The second-order valence-corrected chi connectivity index (χ2v) is 12.3. The van der Waals surface area contributed by atoms with E-state index in [2.05, 4.69) is 88.4 Å². The lowest BCUT2D eigenvalue weighted by atomic mass is 9.95. The highest BCUT2D eigenvalue weighted by molar-refractivity contribution is 5.84. The van der Waals surface area contributed by atoms with Crippen molar-refractivity contribution in [3.8, 4) is 78.9 Å². The zero-order chi connectivity index (χ0) is 34.0. The number of aromatic nitrogens is 6. The van der Waals surface area contributed by atoms with Crippen molar-refractivity contribution in [2.24, 2.45) is 0 Å². The van der Waals surface area contributed by atoms with E-state index in [1.807, 2.05) is 97.2 Å². The summed E-state index contributed by atoms with van der Waals surface area (Å²) < 4.78 is 2.16. The summed E-state index contributed by atoms with van der Waals surface area (Å²) >= 11 is 0. The third-order valence-corrected chi connectivity index (χ3v) is 8.95. The van der Waals surface area contributed by atoms with E-state index in [4.69, 9.17) is 19.9 Å². The van der Waals surface area contributed by atoms with Gasteiger partial charge in [-0.3, -0.25) is 9.38 Å². The number of imidazole rings is 1. The minimum absolute atomic E-state index is 0.600.